The van der Waals surface area contributed by atoms with Crippen LogP contribution in [-0.2, 0) is 6.18 Å². The normalized spacial score (nSPS) is 12.3. The molecule has 0 bridgehead atoms. The number of hydrogen-bond acceptors (Lipinski definition) is 0. The van der Waals surface area contributed by atoms with Gasteiger partial charge in [0.05, 0.1) is 5.56 Å². The Morgan fingerprint density at radius 2 is 1.42 bits per heavy atom. The van der Waals surface area contributed by atoms with Crippen LogP contribution in [0.2, 0.25) is 5.02 Å². The van der Waals surface area contributed by atoms with Gasteiger partial charge in [0.1, 0.15) is 5.83 Å². The molecule has 0 N–H and O–H groups in total. The summed E-state index contributed by atoms with van der Waals surface area (Å²) in [5.41, 5.74) is 0.411. The van der Waals surface area contributed by atoms with Crippen molar-refractivity contribution < 1.29 is 17.6 Å². The van der Waals surface area contributed by atoms with E-state index in [-0.39, 0.29) is 11.1 Å². The van der Waals surface area contributed by atoms with E-state index in [1.54, 1.807) is 42.5 Å². The van der Waals surface area contributed by atoms with E-state index in [0.717, 1.165) is 17.7 Å². The molecular formula is C21H13ClF4. The molecule has 0 saturated heterocycles. The first-order chi connectivity index (χ1) is 12.4. The van der Waals surface area contributed by atoms with Gasteiger partial charge in [-0.25, -0.2) is 4.39 Å². The quantitative estimate of drug-likeness (QED) is 0.328. The van der Waals surface area contributed by atoms with Crippen molar-refractivity contribution in [3.63, 3.8) is 0 Å². The van der Waals surface area contributed by atoms with Gasteiger partial charge in [0.25, 0.3) is 0 Å². The van der Waals surface area contributed by atoms with Gasteiger partial charge >= 0.3 is 6.18 Å². The molecule has 3 rings (SSSR count). The summed E-state index contributed by atoms with van der Waals surface area (Å²) < 4.78 is 54.2. The second kappa shape index (κ2) is 7.34. The lowest BCUT2D eigenvalue weighted by molar-refractivity contribution is -0.137. The molecule has 0 unspecified atom stereocenters. The monoisotopic (exact) mass is 376 g/mol. The second-order valence-corrected chi connectivity index (χ2v) is 6.07. The molecule has 132 valence electrons. The number of hydrogen-bond donors (Lipinski definition) is 0. The van der Waals surface area contributed by atoms with Gasteiger partial charge in [0.15, 0.2) is 0 Å². The van der Waals surface area contributed by atoms with Crippen LogP contribution >= 0.6 is 11.6 Å². The summed E-state index contributed by atoms with van der Waals surface area (Å²) in [6.07, 6.45) is -3.64. The summed E-state index contributed by atoms with van der Waals surface area (Å²) in [5.74, 6) is -0.743. The van der Waals surface area contributed by atoms with Crippen LogP contribution in [0.4, 0.5) is 17.6 Å². The number of alkyl halides is 3. The lowest BCUT2D eigenvalue weighted by Gasteiger charge is -2.11. The molecule has 0 radical (unpaired) electrons. The highest BCUT2D eigenvalue weighted by molar-refractivity contribution is 6.30. The van der Waals surface area contributed by atoms with E-state index in [4.69, 9.17) is 11.6 Å². The molecule has 0 atom stereocenters. The lowest BCUT2D eigenvalue weighted by Crippen LogP contribution is -2.06. The zero-order valence-electron chi connectivity index (χ0n) is 13.4. The Labute approximate surface area is 153 Å². The Balaban J connectivity index is 2.09. The minimum absolute atomic E-state index is 0.215. The second-order valence-electron chi connectivity index (χ2n) is 5.63. The number of rotatable bonds is 3. The summed E-state index contributed by atoms with van der Waals surface area (Å²) >= 11 is 5.88. The standard InChI is InChI=1S/C21H13ClF4/c22-16-11-9-14(10-12-16)17-6-2-3-7-18(17)20(23)13-15-5-1-4-8-19(15)21(24,25)26/h1-13H/b20-13+. The van der Waals surface area contributed by atoms with Crippen molar-refractivity contribution >= 4 is 23.5 Å². The van der Waals surface area contributed by atoms with E-state index < -0.39 is 17.6 Å². The van der Waals surface area contributed by atoms with Crippen LogP contribution in [0.1, 0.15) is 16.7 Å². The number of halogens is 5. The minimum atomic E-state index is -4.55. The fourth-order valence-corrected chi connectivity index (χ4v) is 2.79. The van der Waals surface area contributed by atoms with Crippen LogP contribution in [0.25, 0.3) is 23.0 Å². The van der Waals surface area contributed by atoms with Crippen molar-refractivity contribution in [1.82, 2.24) is 0 Å². The Morgan fingerprint density at radius 3 is 2.12 bits per heavy atom. The van der Waals surface area contributed by atoms with Crippen molar-refractivity contribution in [2.45, 2.75) is 6.18 Å². The van der Waals surface area contributed by atoms with Crippen molar-refractivity contribution in [2.75, 3.05) is 0 Å². The Kier molecular flexibility index (Phi) is 5.14. The van der Waals surface area contributed by atoms with Crippen LogP contribution in [0, 0.1) is 0 Å². The summed E-state index contributed by atoms with van der Waals surface area (Å²) in [6.45, 7) is 0. The van der Waals surface area contributed by atoms with Crippen LogP contribution in [-0.4, -0.2) is 0 Å². The third-order valence-corrected chi connectivity index (χ3v) is 4.14. The maximum atomic E-state index is 14.9. The largest absolute Gasteiger partial charge is 0.416 e. The van der Waals surface area contributed by atoms with Crippen molar-refractivity contribution in [3.05, 3.63) is 94.5 Å². The first-order valence-corrected chi connectivity index (χ1v) is 8.13. The molecule has 0 aliphatic heterocycles. The van der Waals surface area contributed by atoms with E-state index in [1.165, 1.54) is 24.3 Å². The third-order valence-electron chi connectivity index (χ3n) is 3.89. The van der Waals surface area contributed by atoms with Gasteiger partial charge in [-0.1, -0.05) is 66.2 Å². The van der Waals surface area contributed by atoms with Crippen LogP contribution in [0.5, 0.6) is 0 Å². The average Bonchev–Trinajstić information content (AvgIpc) is 2.62. The maximum Gasteiger partial charge on any atom is 0.416 e. The van der Waals surface area contributed by atoms with Gasteiger partial charge in [-0.2, -0.15) is 13.2 Å². The molecule has 3 aromatic carbocycles. The molecule has 0 aliphatic rings. The first-order valence-electron chi connectivity index (χ1n) is 7.75. The smallest absolute Gasteiger partial charge is 0.206 e. The summed E-state index contributed by atoms with van der Waals surface area (Å²) in [5, 5.41) is 0.543. The molecule has 0 aromatic heterocycles. The molecule has 0 spiro atoms. The van der Waals surface area contributed by atoms with Gasteiger partial charge in [-0.15, -0.1) is 0 Å². The van der Waals surface area contributed by atoms with Gasteiger partial charge in [-0.3, -0.25) is 0 Å². The highest BCUT2D eigenvalue weighted by Gasteiger charge is 2.32. The van der Waals surface area contributed by atoms with E-state index >= 15 is 0 Å². The Hall–Kier alpha value is -2.59. The van der Waals surface area contributed by atoms with Crippen LogP contribution in [0.3, 0.4) is 0 Å². The van der Waals surface area contributed by atoms with Crippen LogP contribution in [0.15, 0.2) is 72.8 Å². The third kappa shape index (κ3) is 3.97. The Morgan fingerprint density at radius 1 is 0.808 bits per heavy atom. The molecule has 0 saturated carbocycles. The highest BCUT2D eigenvalue weighted by Crippen LogP contribution is 2.36. The minimum Gasteiger partial charge on any atom is -0.206 e. The van der Waals surface area contributed by atoms with E-state index in [2.05, 4.69) is 0 Å². The zero-order valence-corrected chi connectivity index (χ0v) is 14.2. The topological polar surface area (TPSA) is 0 Å². The fraction of sp³-hybridized carbons (Fsp3) is 0.0476. The van der Waals surface area contributed by atoms with E-state index in [1.807, 2.05) is 0 Å². The Bertz CT molecular complexity index is 941. The fourth-order valence-electron chi connectivity index (χ4n) is 2.67. The van der Waals surface area contributed by atoms with Crippen molar-refractivity contribution in [1.29, 1.82) is 0 Å². The molecule has 3 aromatic rings. The zero-order chi connectivity index (χ0) is 18.7. The maximum absolute atomic E-state index is 14.9. The first kappa shape index (κ1) is 18.2. The van der Waals surface area contributed by atoms with Gasteiger partial charge < -0.3 is 0 Å². The van der Waals surface area contributed by atoms with Crippen LogP contribution < -0.4 is 0 Å². The van der Waals surface area contributed by atoms with Gasteiger partial charge in [0.2, 0.25) is 0 Å². The molecule has 26 heavy (non-hydrogen) atoms. The van der Waals surface area contributed by atoms with E-state index in [9.17, 15) is 17.6 Å². The number of benzene rings is 3. The van der Waals surface area contributed by atoms with Crippen molar-refractivity contribution in [3.8, 4) is 11.1 Å². The molecule has 0 aliphatic carbocycles. The van der Waals surface area contributed by atoms with Gasteiger partial charge in [-0.05, 0) is 41.0 Å². The molecule has 5 heteroatoms. The van der Waals surface area contributed by atoms with E-state index in [0.29, 0.717) is 10.6 Å². The average molecular weight is 377 g/mol. The molecular weight excluding hydrogens is 364 g/mol. The lowest BCUT2D eigenvalue weighted by atomic mass is 9.97. The predicted octanol–water partition coefficient (Wildman–Crippen LogP) is 7.49. The summed E-state index contributed by atoms with van der Waals surface area (Å²) in [4.78, 5) is 0. The molecule has 0 fully saturated rings. The molecule has 0 amide bonds. The SMILES string of the molecule is F/C(=C/c1ccccc1C(F)(F)F)c1ccccc1-c1ccc(Cl)cc1. The highest BCUT2D eigenvalue weighted by atomic mass is 35.5. The van der Waals surface area contributed by atoms with Gasteiger partial charge in [0, 0.05) is 10.6 Å². The molecule has 0 heterocycles. The predicted molar refractivity (Wildman–Crippen MR) is 97.3 cm³/mol. The van der Waals surface area contributed by atoms with Crippen molar-refractivity contribution in [2.24, 2.45) is 0 Å². The summed E-state index contributed by atoms with van der Waals surface area (Å²) in [7, 11) is 0. The molecule has 0 nitrogen and oxygen atoms in total. The summed E-state index contributed by atoms with van der Waals surface area (Å²) in [6, 6.07) is 18.3.